The maximum atomic E-state index is 10.4. The standard InChI is InChI=1S/C6H10O2.BrH.H3N/c1-4-8-6(7)5(2)3;;/h2,4H2,1,3H3;1H;1H3. The van der Waals surface area contributed by atoms with Crippen molar-refractivity contribution >= 4 is 5.97 Å². The van der Waals surface area contributed by atoms with Crippen LogP contribution >= 0.6 is 0 Å². The summed E-state index contributed by atoms with van der Waals surface area (Å²) in [7, 11) is 0. The smallest absolute Gasteiger partial charge is 0.333 e. The maximum Gasteiger partial charge on any atom is 0.333 e. The van der Waals surface area contributed by atoms with Gasteiger partial charge < -0.3 is 27.9 Å². The Bertz CT molecular complexity index is 114. The van der Waals surface area contributed by atoms with Gasteiger partial charge in [-0.25, -0.2) is 4.79 Å². The molecule has 0 aromatic heterocycles. The van der Waals surface area contributed by atoms with Crippen LogP contribution in [0.25, 0.3) is 0 Å². The Morgan fingerprint density at radius 1 is 1.60 bits per heavy atom. The summed E-state index contributed by atoms with van der Waals surface area (Å²) in [4.78, 5) is 10.4. The zero-order valence-electron chi connectivity index (χ0n) is 6.61. The van der Waals surface area contributed by atoms with Crippen molar-refractivity contribution in [2.45, 2.75) is 13.8 Å². The van der Waals surface area contributed by atoms with Gasteiger partial charge in [-0.15, -0.1) is 0 Å². The van der Waals surface area contributed by atoms with Crippen LogP contribution < -0.4 is 23.1 Å². The van der Waals surface area contributed by atoms with Gasteiger partial charge in [0.2, 0.25) is 0 Å². The summed E-state index contributed by atoms with van der Waals surface area (Å²) in [6.07, 6.45) is 0. The van der Waals surface area contributed by atoms with E-state index in [4.69, 9.17) is 0 Å². The summed E-state index contributed by atoms with van der Waals surface area (Å²) in [6.45, 7) is 7.21. The zero-order chi connectivity index (χ0) is 6.57. The quantitative estimate of drug-likeness (QED) is 0.447. The molecule has 0 aliphatic carbocycles. The van der Waals surface area contributed by atoms with E-state index in [0.717, 1.165) is 0 Å². The molecular weight excluding hydrogens is 198 g/mol. The zero-order valence-corrected chi connectivity index (χ0v) is 8.19. The number of quaternary nitrogens is 1. The van der Waals surface area contributed by atoms with E-state index in [1.165, 1.54) is 0 Å². The van der Waals surface area contributed by atoms with Crippen LogP contribution in [0.2, 0.25) is 0 Å². The molecule has 4 heteroatoms. The largest absolute Gasteiger partial charge is 1.00 e. The van der Waals surface area contributed by atoms with Crippen molar-refractivity contribution in [1.29, 1.82) is 0 Å². The average molecular weight is 212 g/mol. The topological polar surface area (TPSA) is 62.8 Å². The van der Waals surface area contributed by atoms with Crippen LogP contribution in [0.4, 0.5) is 0 Å². The molecule has 0 heterocycles. The SMILES string of the molecule is C=C(C)C(=O)OCC.[Br-].[NH4+]. The predicted octanol–water partition coefficient (Wildman–Crippen LogP) is -1.49. The van der Waals surface area contributed by atoms with E-state index >= 15 is 0 Å². The van der Waals surface area contributed by atoms with Crippen LogP contribution in [0.1, 0.15) is 13.8 Å². The molecule has 10 heavy (non-hydrogen) atoms. The van der Waals surface area contributed by atoms with Gasteiger partial charge in [-0.1, -0.05) is 6.58 Å². The molecule has 0 unspecified atom stereocenters. The third-order valence-corrected chi connectivity index (χ3v) is 0.624. The number of ether oxygens (including phenoxy) is 1. The van der Waals surface area contributed by atoms with Crippen molar-refractivity contribution < 1.29 is 26.5 Å². The lowest BCUT2D eigenvalue weighted by molar-refractivity contribution is -0.138. The fraction of sp³-hybridized carbons (Fsp3) is 0.500. The summed E-state index contributed by atoms with van der Waals surface area (Å²) in [5.41, 5.74) is 0.451. The fourth-order valence-corrected chi connectivity index (χ4v) is 0.254. The highest BCUT2D eigenvalue weighted by molar-refractivity contribution is 5.86. The van der Waals surface area contributed by atoms with E-state index in [9.17, 15) is 4.79 Å². The molecule has 0 rings (SSSR count). The van der Waals surface area contributed by atoms with Gasteiger partial charge in [0.1, 0.15) is 0 Å². The Morgan fingerprint density at radius 3 is 2.10 bits per heavy atom. The van der Waals surface area contributed by atoms with Crippen molar-refractivity contribution in [1.82, 2.24) is 6.15 Å². The summed E-state index contributed by atoms with van der Waals surface area (Å²) >= 11 is 0. The van der Waals surface area contributed by atoms with Gasteiger partial charge in [0, 0.05) is 5.57 Å². The second-order valence-corrected chi connectivity index (χ2v) is 1.50. The number of carbonyl (C=O) groups is 1. The predicted molar refractivity (Wildman–Crippen MR) is 37.4 cm³/mol. The number of hydrogen-bond donors (Lipinski definition) is 1. The number of esters is 1. The van der Waals surface area contributed by atoms with Crippen LogP contribution in [0, 0.1) is 0 Å². The molecule has 0 aromatic rings. The lowest BCUT2D eigenvalue weighted by Crippen LogP contribution is -3.00. The molecule has 4 N–H and O–H groups in total. The van der Waals surface area contributed by atoms with Crippen LogP contribution in [-0.2, 0) is 9.53 Å². The average Bonchev–Trinajstić information content (AvgIpc) is 1.67. The van der Waals surface area contributed by atoms with E-state index in [-0.39, 0.29) is 29.1 Å². The van der Waals surface area contributed by atoms with Crippen molar-refractivity contribution in [3.05, 3.63) is 12.2 Å². The van der Waals surface area contributed by atoms with Crippen molar-refractivity contribution in [3.8, 4) is 0 Å². The first-order chi connectivity index (χ1) is 3.68. The van der Waals surface area contributed by atoms with Crippen LogP contribution in [-0.4, -0.2) is 12.6 Å². The highest BCUT2D eigenvalue weighted by Crippen LogP contribution is 1.89. The van der Waals surface area contributed by atoms with E-state index in [0.29, 0.717) is 12.2 Å². The third-order valence-electron chi connectivity index (χ3n) is 0.624. The van der Waals surface area contributed by atoms with Gasteiger partial charge in [-0.2, -0.15) is 0 Å². The monoisotopic (exact) mass is 211 g/mol. The molecule has 62 valence electrons. The Hall–Kier alpha value is -0.350. The first-order valence-corrected chi connectivity index (χ1v) is 2.51. The second kappa shape index (κ2) is 8.65. The maximum absolute atomic E-state index is 10.4. The summed E-state index contributed by atoms with van der Waals surface area (Å²) in [5.74, 6) is -0.312. The molecule has 0 aromatic carbocycles. The molecule has 3 nitrogen and oxygen atoms in total. The molecule has 0 saturated carbocycles. The summed E-state index contributed by atoms with van der Waals surface area (Å²) < 4.78 is 4.56. The Morgan fingerprint density at radius 2 is 2.00 bits per heavy atom. The molecule has 0 amide bonds. The van der Waals surface area contributed by atoms with E-state index in [2.05, 4.69) is 11.3 Å². The number of hydrogen-bond acceptors (Lipinski definition) is 2. The van der Waals surface area contributed by atoms with Gasteiger partial charge in [0.25, 0.3) is 0 Å². The molecule has 0 bridgehead atoms. The van der Waals surface area contributed by atoms with Gasteiger partial charge in [-0.3, -0.25) is 0 Å². The highest BCUT2D eigenvalue weighted by atomic mass is 79.9. The second-order valence-electron chi connectivity index (χ2n) is 1.50. The van der Waals surface area contributed by atoms with Crippen molar-refractivity contribution in [3.63, 3.8) is 0 Å². The lowest BCUT2D eigenvalue weighted by atomic mass is 10.4. The van der Waals surface area contributed by atoms with Gasteiger partial charge in [0.05, 0.1) is 6.61 Å². The number of halogens is 1. The lowest BCUT2D eigenvalue weighted by Gasteiger charge is -1.96. The van der Waals surface area contributed by atoms with E-state index in [1.54, 1.807) is 13.8 Å². The van der Waals surface area contributed by atoms with E-state index < -0.39 is 0 Å². The molecule has 0 radical (unpaired) electrons. The summed E-state index contributed by atoms with van der Waals surface area (Å²) in [6, 6.07) is 0. The third kappa shape index (κ3) is 7.65. The molecular formula is C6H14BrNO2. The fourth-order valence-electron chi connectivity index (χ4n) is 0.254. The molecule has 0 aliphatic rings. The van der Waals surface area contributed by atoms with Crippen LogP contribution in [0.5, 0.6) is 0 Å². The number of carbonyl (C=O) groups excluding carboxylic acids is 1. The van der Waals surface area contributed by atoms with Crippen LogP contribution in [0.3, 0.4) is 0 Å². The minimum absolute atomic E-state index is 0. The Kier molecular flexibility index (Phi) is 14.1. The van der Waals surface area contributed by atoms with Crippen LogP contribution in [0.15, 0.2) is 12.2 Å². The van der Waals surface area contributed by atoms with Crippen molar-refractivity contribution in [2.75, 3.05) is 6.61 Å². The molecule has 0 saturated heterocycles. The molecule has 0 atom stereocenters. The molecule has 0 fully saturated rings. The van der Waals surface area contributed by atoms with Crippen molar-refractivity contribution in [2.24, 2.45) is 0 Å². The Labute approximate surface area is 71.8 Å². The van der Waals surface area contributed by atoms with Gasteiger partial charge in [-0.05, 0) is 13.8 Å². The Balaban J connectivity index is -0.000000245. The molecule has 0 spiro atoms. The van der Waals surface area contributed by atoms with E-state index in [1.807, 2.05) is 0 Å². The minimum atomic E-state index is -0.312. The first kappa shape index (κ1) is 16.3. The minimum Gasteiger partial charge on any atom is -1.00 e. The first-order valence-electron chi connectivity index (χ1n) is 2.51. The highest BCUT2D eigenvalue weighted by Gasteiger charge is 1.98. The molecule has 0 aliphatic heterocycles. The van der Waals surface area contributed by atoms with Gasteiger partial charge >= 0.3 is 5.97 Å². The normalized spacial score (nSPS) is 6.60. The van der Waals surface area contributed by atoms with Gasteiger partial charge in [0.15, 0.2) is 0 Å². The summed E-state index contributed by atoms with van der Waals surface area (Å²) in [5, 5.41) is 0. The number of rotatable bonds is 2.